The standard InChI is InChI=1S/C22H31N3O3.HI/c1-6-16-10-8-9-11-17(16)14-24-22(23-7-2)25-15-18-12-20(27-4)21(28-5)13-19(18)26-3;/h8-13H,6-7,14-15H2,1-5H3,(H2,23,24,25);1H. The second-order valence-corrected chi connectivity index (χ2v) is 6.19. The molecule has 0 heterocycles. The van der Waals surface area contributed by atoms with Gasteiger partial charge >= 0.3 is 0 Å². The van der Waals surface area contributed by atoms with E-state index in [4.69, 9.17) is 19.2 Å². The van der Waals surface area contributed by atoms with Gasteiger partial charge in [-0.05, 0) is 30.5 Å². The van der Waals surface area contributed by atoms with Crippen molar-refractivity contribution < 1.29 is 14.2 Å². The average molecular weight is 513 g/mol. The molecule has 0 aliphatic carbocycles. The second-order valence-electron chi connectivity index (χ2n) is 6.19. The minimum atomic E-state index is 0. The fraction of sp³-hybridized carbons (Fsp3) is 0.409. The van der Waals surface area contributed by atoms with E-state index >= 15 is 0 Å². The number of guanidine groups is 1. The molecule has 2 N–H and O–H groups in total. The minimum absolute atomic E-state index is 0. The summed E-state index contributed by atoms with van der Waals surface area (Å²) in [6.45, 7) is 6.17. The van der Waals surface area contributed by atoms with Crippen LogP contribution in [0.3, 0.4) is 0 Å². The van der Waals surface area contributed by atoms with E-state index in [1.54, 1.807) is 21.3 Å². The minimum Gasteiger partial charge on any atom is -0.496 e. The predicted octanol–water partition coefficient (Wildman–Crippen LogP) is 4.15. The molecule has 0 spiro atoms. The molecule has 0 atom stereocenters. The molecule has 0 bridgehead atoms. The summed E-state index contributed by atoms with van der Waals surface area (Å²) < 4.78 is 16.2. The highest BCUT2D eigenvalue weighted by Gasteiger charge is 2.12. The summed E-state index contributed by atoms with van der Waals surface area (Å²) >= 11 is 0. The lowest BCUT2D eigenvalue weighted by molar-refractivity contribution is 0.347. The van der Waals surface area contributed by atoms with Crippen molar-refractivity contribution in [1.29, 1.82) is 0 Å². The average Bonchev–Trinajstić information content (AvgIpc) is 2.75. The van der Waals surface area contributed by atoms with E-state index in [9.17, 15) is 0 Å². The van der Waals surface area contributed by atoms with Gasteiger partial charge in [0.05, 0.1) is 27.9 Å². The highest BCUT2D eigenvalue weighted by molar-refractivity contribution is 14.0. The number of nitrogens with zero attached hydrogens (tertiary/aromatic N) is 1. The van der Waals surface area contributed by atoms with Gasteiger partial charge in [-0.1, -0.05) is 31.2 Å². The van der Waals surface area contributed by atoms with Crippen LogP contribution >= 0.6 is 24.0 Å². The van der Waals surface area contributed by atoms with Gasteiger partial charge in [0.25, 0.3) is 0 Å². The van der Waals surface area contributed by atoms with E-state index < -0.39 is 0 Å². The number of aryl methyl sites for hydroxylation is 1. The van der Waals surface area contributed by atoms with E-state index in [0.29, 0.717) is 23.8 Å². The Labute approximate surface area is 191 Å². The third-order valence-corrected chi connectivity index (χ3v) is 4.48. The van der Waals surface area contributed by atoms with Crippen LogP contribution in [0.4, 0.5) is 0 Å². The van der Waals surface area contributed by atoms with Crippen LogP contribution in [0.25, 0.3) is 0 Å². The van der Waals surface area contributed by atoms with Crippen molar-refractivity contribution in [2.75, 3.05) is 27.9 Å². The van der Waals surface area contributed by atoms with Crippen LogP contribution in [-0.2, 0) is 19.5 Å². The van der Waals surface area contributed by atoms with Crippen LogP contribution in [0.15, 0.2) is 41.4 Å². The number of ether oxygens (including phenoxy) is 3. The molecule has 0 saturated heterocycles. The summed E-state index contributed by atoms with van der Waals surface area (Å²) in [5.74, 6) is 2.76. The van der Waals surface area contributed by atoms with Crippen molar-refractivity contribution in [2.45, 2.75) is 33.4 Å². The third-order valence-electron chi connectivity index (χ3n) is 4.48. The van der Waals surface area contributed by atoms with Crippen LogP contribution in [0.5, 0.6) is 17.2 Å². The van der Waals surface area contributed by atoms with Gasteiger partial charge < -0.3 is 24.8 Å². The quantitative estimate of drug-likeness (QED) is 0.300. The summed E-state index contributed by atoms with van der Waals surface area (Å²) in [5.41, 5.74) is 3.54. The summed E-state index contributed by atoms with van der Waals surface area (Å²) in [4.78, 5) is 4.71. The molecular weight excluding hydrogens is 481 g/mol. The lowest BCUT2D eigenvalue weighted by atomic mass is 10.1. The van der Waals surface area contributed by atoms with Crippen molar-refractivity contribution in [1.82, 2.24) is 10.6 Å². The van der Waals surface area contributed by atoms with E-state index in [1.807, 2.05) is 19.1 Å². The number of halogens is 1. The maximum atomic E-state index is 5.49. The first-order chi connectivity index (χ1) is 13.7. The zero-order chi connectivity index (χ0) is 20.4. The summed E-state index contributed by atoms with van der Waals surface area (Å²) in [5, 5.41) is 6.70. The molecular formula is C22H32IN3O3. The smallest absolute Gasteiger partial charge is 0.191 e. The van der Waals surface area contributed by atoms with Gasteiger partial charge in [-0.25, -0.2) is 4.99 Å². The lowest BCUT2D eigenvalue weighted by Gasteiger charge is -2.15. The number of nitrogens with one attached hydrogen (secondary N) is 2. The van der Waals surface area contributed by atoms with Crippen LogP contribution < -0.4 is 24.8 Å². The number of benzene rings is 2. The van der Waals surface area contributed by atoms with E-state index in [2.05, 4.69) is 41.8 Å². The van der Waals surface area contributed by atoms with Gasteiger partial charge in [0.15, 0.2) is 17.5 Å². The first-order valence-electron chi connectivity index (χ1n) is 9.54. The second kappa shape index (κ2) is 13.1. The van der Waals surface area contributed by atoms with Crippen molar-refractivity contribution in [2.24, 2.45) is 4.99 Å². The number of hydrogen-bond acceptors (Lipinski definition) is 4. The molecule has 0 amide bonds. The Morgan fingerprint density at radius 1 is 0.828 bits per heavy atom. The van der Waals surface area contributed by atoms with Crippen LogP contribution in [-0.4, -0.2) is 33.8 Å². The molecule has 2 aromatic rings. The number of aliphatic imine (C=N–C) groups is 1. The van der Waals surface area contributed by atoms with Gasteiger partial charge in [-0.15, -0.1) is 24.0 Å². The molecule has 2 rings (SSSR count). The Kier molecular flexibility index (Phi) is 11.3. The summed E-state index contributed by atoms with van der Waals surface area (Å²) in [6.07, 6.45) is 1.01. The molecule has 0 aromatic heterocycles. The summed E-state index contributed by atoms with van der Waals surface area (Å²) in [7, 11) is 4.87. The van der Waals surface area contributed by atoms with E-state index in [0.717, 1.165) is 31.0 Å². The molecule has 0 unspecified atom stereocenters. The number of hydrogen-bond donors (Lipinski definition) is 2. The highest BCUT2D eigenvalue weighted by Crippen LogP contribution is 2.34. The molecule has 7 heteroatoms. The third kappa shape index (κ3) is 6.99. The van der Waals surface area contributed by atoms with Gasteiger partial charge in [0, 0.05) is 24.7 Å². The molecule has 29 heavy (non-hydrogen) atoms. The predicted molar refractivity (Wildman–Crippen MR) is 129 cm³/mol. The highest BCUT2D eigenvalue weighted by atomic mass is 127. The molecule has 160 valence electrons. The Morgan fingerprint density at radius 3 is 2.03 bits per heavy atom. The molecule has 0 fully saturated rings. The van der Waals surface area contributed by atoms with Crippen LogP contribution in [0.1, 0.15) is 30.5 Å². The van der Waals surface area contributed by atoms with Gasteiger partial charge in [-0.3, -0.25) is 0 Å². The fourth-order valence-electron chi connectivity index (χ4n) is 2.98. The van der Waals surface area contributed by atoms with Gasteiger partial charge in [-0.2, -0.15) is 0 Å². The zero-order valence-corrected chi connectivity index (χ0v) is 20.2. The molecule has 6 nitrogen and oxygen atoms in total. The first kappa shape index (κ1) is 24.9. The summed E-state index contributed by atoms with van der Waals surface area (Å²) in [6, 6.07) is 12.2. The molecule has 0 saturated carbocycles. The molecule has 0 aliphatic heterocycles. The van der Waals surface area contributed by atoms with Gasteiger partial charge in [0.1, 0.15) is 5.75 Å². The maximum absolute atomic E-state index is 5.49. The molecule has 0 radical (unpaired) electrons. The van der Waals surface area contributed by atoms with E-state index in [-0.39, 0.29) is 24.0 Å². The van der Waals surface area contributed by atoms with E-state index in [1.165, 1.54) is 11.1 Å². The first-order valence-corrected chi connectivity index (χ1v) is 9.54. The van der Waals surface area contributed by atoms with Gasteiger partial charge in [0.2, 0.25) is 0 Å². The van der Waals surface area contributed by atoms with Crippen molar-refractivity contribution in [3.05, 3.63) is 53.1 Å². The maximum Gasteiger partial charge on any atom is 0.191 e. The Bertz CT molecular complexity index is 797. The molecule has 2 aromatic carbocycles. The number of rotatable bonds is 9. The fourth-order valence-corrected chi connectivity index (χ4v) is 2.98. The Balaban J connectivity index is 0.00000420. The largest absolute Gasteiger partial charge is 0.496 e. The number of methoxy groups -OCH3 is 3. The molecule has 0 aliphatic rings. The lowest BCUT2D eigenvalue weighted by Crippen LogP contribution is -2.37. The monoisotopic (exact) mass is 513 g/mol. The Hall–Kier alpha value is -2.16. The normalized spacial score (nSPS) is 10.7. The van der Waals surface area contributed by atoms with Crippen molar-refractivity contribution in [3.63, 3.8) is 0 Å². The van der Waals surface area contributed by atoms with Crippen LogP contribution in [0, 0.1) is 0 Å². The van der Waals surface area contributed by atoms with Crippen LogP contribution in [0.2, 0.25) is 0 Å². The van der Waals surface area contributed by atoms with Crippen molar-refractivity contribution in [3.8, 4) is 17.2 Å². The topological polar surface area (TPSA) is 64.1 Å². The Morgan fingerprint density at radius 2 is 1.45 bits per heavy atom. The SMILES string of the molecule is CCNC(=NCc1cc(OC)c(OC)cc1OC)NCc1ccccc1CC.I. The van der Waals surface area contributed by atoms with Crippen molar-refractivity contribution >= 4 is 29.9 Å². The zero-order valence-electron chi connectivity index (χ0n) is 17.9.